The summed E-state index contributed by atoms with van der Waals surface area (Å²) in [4.78, 5) is 30.3. The van der Waals surface area contributed by atoms with Gasteiger partial charge in [-0.1, -0.05) is 6.07 Å². The summed E-state index contributed by atoms with van der Waals surface area (Å²) in [6, 6.07) is 9.68. The molecule has 1 aliphatic heterocycles. The molecule has 5 heteroatoms. The molecule has 1 fully saturated rings. The van der Waals surface area contributed by atoms with Gasteiger partial charge >= 0.3 is 0 Å². The predicted octanol–water partition coefficient (Wildman–Crippen LogP) is 2.37. The van der Waals surface area contributed by atoms with Crippen LogP contribution in [0.25, 0.3) is 0 Å². The number of nitrogens with zero attached hydrogens (tertiary/aromatic N) is 2. The molecule has 1 saturated heterocycles. The van der Waals surface area contributed by atoms with E-state index in [9.17, 15) is 9.59 Å². The third-order valence-electron chi connectivity index (χ3n) is 4.51. The Morgan fingerprint density at radius 3 is 2.67 bits per heavy atom. The first-order valence-electron chi connectivity index (χ1n) is 8.09. The average Bonchev–Trinajstić information content (AvgIpc) is 2.98. The molecule has 0 saturated carbocycles. The number of aryl methyl sites for hydroxylation is 2. The van der Waals surface area contributed by atoms with Gasteiger partial charge in [0.05, 0.1) is 5.92 Å². The van der Waals surface area contributed by atoms with Gasteiger partial charge in [0.15, 0.2) is 0 Å². The molecule has 1 atom stereocenters. The molecule has 2 heterocycles. The van der Waals surface area contributed by atoms with E-state index in [1.165, 1.54) is 5.56 Å². The number of anilines is 1. The molecule has 2 aromatic rings. The van der Waals surface area contributed by atoms with Crippen LogP contribution in [0.4, 0.5) is 5.69 Å². The summed E-state index contributed by atoms with van der Waals surface area (Å²) >= 11 is 0. The average molecular weight is 323 g/mol. The Morgan fingerprint density at radius 2 is 1.96 bits per heavy atom. The zero-order chi connectivity index (χ0) is 17.1. The number of nitrogens with one attached hydrogen (secondary N) is 1. The molecule has 0 spiro atoms. The van der Waals surface area contributed by atoms with Crippen LogP contribution in [0.1, 0.15) is 23.1 Å². The first-order chi connectivity index (χ1) is 11.5. The van der Waals surface area contributed by atoms with E-state index in [2.05, 4.69) is 10.3 Å². The fourth-order valence-electron chi connectivity index (χ4n) is 2.86. The number of aromatic nitrogens is 1. The molecule has 1 aliphatic rings. The van der Waals surface area contributed by atoms with Gasteiger partial charge in [0.2, 0.25) is 11.8 Å². The number of carbonyl (C=O) groups is 2. The van der Waals surface area contributed by atoms with Crippen LogP contribution in [0.5, 0.6) is 0 Å². The summed E-state index contributed by atoms with van der Waals surface area (Å²) in [5.41, 5.74) is 4.20. The standard InChI is InChI=1S/C19H21N3O2/c1-13-3-4-17(9-14(13)2)22-12-16(10-18(22)23)19(24)21-11-15-5-7-20-8-6-15/h3-9,16H,10-12H2,1-2H3,(H,21,24). The lowest BCUT2D eigenvalue weighted by Gasteiger charge is -2.18. The first kappa shape index (κ1) is 16.2. The highest BCUT2D eigenvalue weighted by molar-refractivity contribution is 6.00. The molecule has 1 unspecified atom stereocenters. The van der Waals surface area contributed by atoms with Crippen LogP contribution in [0.2, 0.25) is 0 Å². The second-order valence-corrected chi connectivity index (χ2v) is 6.25. The Labute approximate surface area is 141 Å². The van der Waals surface area contributed by atoms with Gasteiger partial charge in [0, 0.05) is 37.6 Å². The van der Waals surface area contributed by atoms with Crippen molar-refractivity contribution in [2.24, 2.45) is 5.92 Å². The van der Waals surface area contributed by atoms with E-state index in [4.69, 9.17) is 0 Å². The topological polar surface area (TPSA) is 62.3 Å². The van der Waals surface area contributed by atoms with Crippen LogP contribution < -0.4 is 10.2 Å². The summed E-state index contributed by atoms with van der Waals surface area (Å²) in [7, 11) is 0. The summed E-state index contributed by atoms with van der Waals surface area (Å²) < 4.78 is 0. The molecule has 1 aromatic carbocycles. The van der Waals surface area contributed by atoms with Gasteiger partial charge in [-0.3, -0.25) is 14.6 Å². The van der Waals surface area contributed by atoms with Crippen LogP contribution in [-0.2, 0) is 16.1 Å². The fourth-order valence-corrected chi connectivity index (χ4v) is 2.86. The molecule has 0 bridgehead atoms. The van der Waals surface area contributed by atoms with Crippen molar-refractivity contribution in [2.45, 2.75) is 26.8 Å². The zero-order valence-corrected chi connectivity index (χ0v) is 14.0. The van der Waals surface area contributed by atoms with E-state index in [-0.39, 0.29) is 24.2 Å². The Hall–Kier alpha value is -2.69. The highest BCUT2D eigenvalue weighted by Crippen LogP contribution is 2.26. The zero-order valence-electron chi connectivity index (χ0n) is 14.0. The molecule has 24 heavy (non-hydrogen) atoms. The lowest BCUT2D eigenvalue weighted by Crippen LogP contribution is -2.32. The van der Waals surface area contributed by atoms with Crippen molar-refractivity contribution in [3.8, 4) is 0 Å². The van der Waals surface area contributed by atoms with Gasteiger partial charge in [-0.2, -0.15) is 0 Å². The minimum atomic E-state index is -0.305. The Morgan fingerprint density at radius 1 is 1.21 bits per heavy atom. The minimum Gasteiger partial charge on any atom is -0.352 e. The monoisotopic (exact) mass is 323 g/mol. The lowest BCUT2D eigenvalue weighted by molar-refractivity contribution is -0.126. The van der Waals surface area contributed by atoms with Gasteiger partial charge in [0.25, 0.3) is 0 Å². The SMILES string of the molecule is Cc1ccc(N2CC(C(=O)NCc3ccncc3)CC2=O)cc1C. The van der Waals surface area contributed by atoms with Crippen LogP contribution in [-0.4, -0.2) is 23.3 Å². The molecule has 3 rings (SSSR count). The molecular weight excluding hydrogens is 302 g/mol. The van der Waals surface area contributed by atoms with E-state index < -0.39 is 0 Å². The van der Waals surface area contributed by atoms with Crippen molar-refractivity contribution in [1.82, 2.24) is 10.3 Å². The highest BCUT2D eigenvalue weighted by Gasteiger charge is 2.35. The second-order valence-electron chi connectivity index (χ2n) is 6.25. The number of hydrogen-bond acceptors (Lipinski definition) is 3. The van der Waals surface area contributed by atoms with Crippen LogP contribution in [0.3, 0.4) is 0 Å². The van der Waals surface area contributed by atoms with Gasteiger partial charge in [-0.15, -0.1) is 0 Å². The summed E-state index contributed by atoms with van der Waals surface area (Å²) in [5, 5.41) is 2.91. The Balaban J connectivity index is 1.63. The van der Waals surface area contributed by atoms with Crippen molar-refractivity contribution in [3.05, 3.63) is 59.4 Å². The van der Waals surface area contributed by atoms with Crippen molar-refractivity contribution < 1.29 is 9.59 Å². The molecular formula is C19H21N3O2. The summed E-state index contributed by atoms with van der Waals surface area (Å²) in [6.45, 7) is 4.96. The van der Waals surface area contributed by atoms with Gasteiger partial charge < -0.3 is 10.2 Å². The predicted molar refractivity (Wildman–Crippen MR) is 92.5 cm³/mol. The summed E-state index contributed by atoms with van der Waals surface area (Å²) in [6.07, 6.45) is 3.65. The number of benzene rings is 1. The number of hydrogen-bond donors (Lipinski definition) is 1. The fraction of sp³-hybridized carbons (Fsp3) is 0.316. The van der Waals surface area contributed by atoms with E-state index in [1.807, 2.05) is 44.2 Å². The Bertz CT molecular complexity index is 758. The molecule has 0 radical (unpaired) electrons. The van der Waals surface area contributed by atoms with E-state index in [0.717, 1.165) is 16.8 Å². The van der Waals surface area contributed by atoms with Crippen LogP contribution in [0, 0.1) is 19.8 Å². The van der Waals surface area contributed by atoms with Gasteiger partial charge in [-0.05, 0) is 54.8 Å². The molecule has 124 valence electrons. The molecule has 1 N–H and O–H groups in total. The number of amides is 2. The van der Waals surface area contributed by atoms with E-state index >= 15 is 0 Å². The lowest BCUT2D eigenvalue weighted by atomic mass is 10.1. The minimum absolute atomic E-state index is 0.00214. The Kier molecular flexibility index (Phi) is 4.60. The maximum Gasteiger partial charge on any atom is 0.227 e. The third-order valence-corrected chi connectivity index (χ3v) is 4.51. The second kappa shape index (κ2) is 6.83. The van der Waals surface area contributed by atoms with Crippen molar-refractivity contribution in [3.63, 3.8) is 0 Å². The van der Waals surface area contributed by atoms with Crippen molar-refractivity contribution in [2.75, 3.05) is 11.4 Å². The maximum atomic E-state index is 12.4. The van der Waals surface area contributed by atoms with Crippen LogP contribution in [0.15, 0.2) is 42.7 Å². The molecule has 5 nitrogen and oxygen atoms in total. The summed E-state index contributed by atoms with van der Waals surface area (Å²) in [5.74, 6) is -0.380. The maximum absolute atomic E-state index is 12.4. The van der Waals surface area contributed by atoms with Crippen molar-refractivity contribution >= 4 is 17.5 Å². The van der Waals surface area contributed by atoms with E-state index in [0.29, 0.717) is 13.1 Å². The first-order valence-corrected chi connectivity index (χ1v) is 8.09. The number of pyridine rings is 1. The quantitative estimate of drug-likeness (QED) is 0.939. The number of rotatable bonds is 4. The molecule has 1 aromatic heterocycles. The van der Waals surface area contributed by atoms with Gasteiger partial charge in [0.1, 0.15) is 0 Å². The highest BCUT2D eigenvalue weighted by atomic mass is 16.2. The van der Waals surface area contributed by atoms with E-state index in [1.54, 1.807) is 17.3 Å². The number of carbonyl (C=O) groups excluding carboxylic acids is 2. The molecule has 2 amide bonds. The molecule has 0 aliphatic carbocycles. The van der Waals surface area contributed by atoms with Crippen molar-refractivity contribution in [1.29, 1.82) is 0 Å². The normalized spacial score (nSPS) is 17.2. The van der Waals surface area contributed by atoms with Crippen LogP contribution >= 0.6 is 0 Å². The smallest absolute Gasteiger partial charge is 0.227 e. The largest absolute Gasteiger partial charge is 0.352 e. The third kappa shape index (κ3) is 3.45. The van der Waals surface area contributed by atoms with Gasteiger partial charge in [-0.25, -0.2) is 0 Å².